The second-order valence-corrected chi connectivity index (χ2v) is 3.39. The monoisotopic (exact) mass is 205 g/mol. The van der Waals surface area contributed by atoms with Crippen LogP contribution in [0, 0.1) is 10.1 Å². The molecule has 14 heavy (non-hydrogen) atoms. The largest absolute Gasteiger partial charge is 0.278 e. The summed E-state index contributed by atoms with van der Waals surface area (Å²) in [6.07, 6.45) is 0. The average molecular weight is 205 g/mol. The number of benzene rings is 2. The zero-order chi connectivity index (χ0) is 10.1. The van der Waals surface area contributed by atoms with Crippen molar-refractivity contribution in [1.29, 1.82) is 0 Å². The van der Waals surface area contributed by atoms with Gasteiger partial charge in [0.05, 0.1) is 10.3 Å². The fraction of sp³-hybridized carbons (Fsp3) is 0. The van der Waals surface area contributed by atoms with E-state index in [0.29, 0.717) is 10.3 Å². The molecule has 0 aliphatic carbocycles. The lowest BCUT2D eigenvalue weighted by Gasteiger charge is -2.01. The molecule has 0 aliphatic rings. The Morgan fingerprint density at radius 3 is 2.43 bits per heavy atom. The highest BCUT2D eigenvalue weighted by atomic mass is 32.1. The van der Waals surface area contributed by atoms with Gasteiger partial charge >= 0.3 is 0 Å². The van der Waals surface area contributed by atoms with Gasteiger partial charge in [-0.3, -0.25) is 10.1 Å². The molecule has 0 aromatic heterocycles. The molecule has 0 aliphatic heterocycles. The van der Waals surface area contributed by atoms with Gasteiger partial charge in [-0.1, -0.05) is 24.3 Å². The van der Waals surface area contributed by atoms with E-state index in [1.54, 1.807) is 12.1 Å². The number of nitrogens with zero attached hydrogens (tertiary/aromatic N) is 1. The van der Waals surface area contributed by atoms with E-state index in [9.17, 15) is 10.1 Å². The van der Waals surface area contributed by atoms with Gasteiger partial charge in [-0.15, -0.1) is 12.6 Å². The van der Waals surface area contributed by atoms with Crippen molar-refractivity contribution in [3.8, 4) is 0 Å². The Hall–Kier alpha value is -1.55. The quantitative estimate of drug-likeness (QED) is 0.441. The van der Waals surface area contributed by atoms with Crippen LogP contribution >= 0.6 is 12.6 Å². The predicted molar refractivity (Wildman–Crippen MR) is 57.9 cm³/mol. The maximum Gasteiger partial charge on any atom is 0.278 e. The molecule has 2 rings (SSSR count). The van der Waals surface area contributed by atoms with Crippen molar-refractivity contribution in [3.63, 3.8) is 0 Å². The third kappa shape index (κ3) is 1.33. The second-order valence-electron chi connectivity index (χ2n) is 2.91. The minimum Gasteiger partial charge on any atom is -0.258 e. The van der Waals surface area contributed by atoms with Crippen LogP contribution in [0.25, 0.3) is 10.8 Å². The topological polar surface area (TPSA) is 43.1 Å². The van der Waals surface area contributed by atoms with Gasteiger partial charge in [0.2, 0.25) is 0 Å². The van der Waals surface area contributed by atoms with Crippen LogP contribution in [0.5, 0.6) is 0 Å². The Labute approximate surface area is 85.9 Å². The van der Waals surface area contributed by atoms with E-state index in [1.807, 2.05) is 18.2 Å². The van der Waals surface area contributed by atoms with Crippen molar-refractivity contribution in [3.05, 3.63) is 46.5 Å². The van der Waals surface area contributed by atoms with Gasteiger partial charge in [0.25, 0.3) is 5.69 Å². The summed E-state index contributed by atoms with van der Waals surface area (Å²) < 4.78 is 0. The molecular weight excluding hydrogens is 198 g/mol. The maximum atomic E-state index is 10.7. The molecule has 0 saturated heterocycles. The first-order valence-electron chi connectivity index (χ1n) is 4.05. The second kappa shape index (κ2) is 3.31. The van der Waals surface area contributed by atoms with Crippen LogP contribution in [0.3, 0.4) is 0 Å². The number of non-ortho nitro benzene ring substituents is 1. The summed E-state index contributed by atoms with van der Waals surface area (Å²) >= 11 is 4.21. The van der Waals surface area contributed by atoms with E-state index < -0.39 is 0 Å². The fourth-order valence-electron chi connectivity index (χ4n) is 1.45. The van der Waals surface area contributed by atoms with Gasteiger partial charge < -0.3 is 0 Å². The molecule has 4 heteroatoms. The summed E-state index contributed by atoms with van der Waals surface area (Å²) in [5.74, 6) is 0. The minimum absolute atomic E-state index is 0.105. The number of hydrogen-bond acceptors (Lipinski definition) is 3. The van der Waals surface area contributed by atoms with Gasteiger partial charge in [0.1, 0.15) is 0 Å². The highest BCUT2D eigenvalue weighted by Crippen LogP contribution is 2.30. The smallest absolute Gasteiger partial charge is 0.258 e. The first-order chi connectivity index (χ1) is 6.70. The maximum absolute atomic E-state index is 10.7. The van der Waals surface area contributed by atoms with Crippen molar-refractivity contribution in [2.45, 2.75) is 4.90 Å². The molecule has 2 aromatic carbocycles. The molecule has 3 nitrogen and oxygen atoms in total. The summed E-state index contributed by atoms with van der Waals surface area (Å²) in [4.78, 5) is 11.0. The van der Waals surface area contributed by atoms with Crippen LogP contribution in [0.4, 0.5) is 5.69 Å². The first kappa shape index (κ1) is 9.02. The van der Waals surface area contributed by atoms with E-state index in [1.165, 1.54) is 6.07 Å². The van der Waals surface area contributed by atoms with Crippen LogP contribution < -0.4 is 0 Å². The Kier molecular flexibility index (Phi) is 2.13. The molecule has 70 valence electrons. The van der Waals surface area contributed by atoms with Gasteiger partial charge in [-0.25, -0.2) is 0 Å². The molecule has 2 aromatic rings. The van der Waals surface area contributed by atoms with Crippen molar-refractivity contribution < 1.29 is 4.92 Å². The lowest BCUT2D eigenvalue weighted by molar-refractivity contribution is -0.383. The lowest BCUT2D eigenvalue weighted by atomic mass is 10.1. The molecular formula is C10H7NO2S. The van der Waals surface area contributed by atoms with Crippen molar-refractivity contribution >= 4 is 29.1 Å². The number of hydrogen-bond donors (Lipinski definition) is 1. The molecule has 0 N–H and O–H groups in total. The molecule has 0 spiro atoms. The number of nitro groups is 1. The normalized spacial score (nSPS) is 10.4. The lowest BCUT2D eigenvalue weighted by Crippen LogP contribution is -1.89. The van der Waals surface area contributed by atoms with Gasteiger partial charge in [0.15, 0.2) is 0 Å². The third-order valence-electron chi connectivity index (χ3n) is 2.06. The van der Waals surface area contributed by atoms with E-state index in [2.05, 4.69) is 12.6 Å². The fourth-order valence-corrected chi connectivity index (χ4v) is 1.78. The van der Waals surface area contributed by atoms with Gasteiger partial charge in [-0.05, 0) is 11.5 Å². The molecule has 0 fully saturated rings. The van der Waals surface area contributed by atoms with Crippen LogP contribution in [-0.4, -0.2) is 4.92 Å². The van der Waals surface area contributed by atoms with E-state index >= 15 is 0 Å². The summed E-state index contributed by atoms with van der Waals surface area (Å²) in [5, 5.41) is 12.2. The molecule has 0 heterocycles. The van der Waals surface area contributed by atoms with Crippen molar-refractivity contribution in [2.75, 3.05) is 0 Å². The Morgan fingerprint density at radius 1 is 1.14 bits per heavy atom. The number of nitro benzene ring substituents is 1. The number of rotatable bonds is 1. The summed E-state index contributed by atoms with van der Waals surface area (Å²) in [7, 11) is 0. The van der Waals surface area contributed by atoms with Crippen molar-refractivity contribution in [1.82, 2.24) is 0 Å². The number of thiol groups is 1. The number of fused-ring (bicyclic) bond motifs is 1. The van der Waals surface area contributed by atoms with Crippen LogP contribution in [0.15, 0.2) is 41.3 Å². The van der Waals surface area contributed by atoms with Gasteiger partial charge in [-0.2, -0.15) is 0 Å². The Bertz CT molecular complexity index is 505. The zero-order valence-corrected chi connectivity index (χ0v) is 8.07. The minimum atomic E-state index is -0.387. The predicted octanol–water partition coefficient (Wildman–Crippen LogP) is 3.04. The molecule has 0 saturated carbocycles. The molecule has 0 radical (unpaired) electrons. The van der Waals surface area contributed by atoms with Crippen LogP contribution in [-0.2, 0) is 0 Å². The molecule has 0 bridgehead atoms. The molecule has 0 amide bonds. The third-order valence-corrected chi connectivity index (χ3v) is 2.43. The van der Waals surface area contributed by atoms with Gasteiger partial charge in [0, 0.05) is 11.0 Å². The summed E-state index contributed by atoms with van der Waals surface area (Å²) in [5.41, 5.74) is 0.105. The Morgan fingerprint density at radius 2 is 1.79 bits per heavy atom. The standard InChI is InChI=1S/C10H7NO2S/c12-11(13)8-5-1-3-7-4-2-6-9(14)10(7)8/h1-6,14H. The van der Waals surface area contributed by atoms with E-state index in [-0.39, 0.29) is 10.6 Å². The summed E-state index contributed by atoms with van der Waals surface area (Å²) in [6.45, 7) is 0. The highest BCUT2D eigenvalue weighted by Gasteiger charge is 2.12. The summed E-state index contributed by atoms with van der Waals surface area (Å²) in [6, 6.07) is 10.4. The average Bonchev–Trinajstić information content (AvgIpc) is 2.17. The SMILES string of the molecule is O=[N+]([O-])c1cccc2cccc(S)c12. The highest BCUT2D eigenvalue weighted by molar-refractivity contribution is 7.80. The molecule has 0 atom stereocenters. The molecule has 0 unspecified atom stereocenters. The first-order valence-corrected chi connectivity index (χ1v) is 4.50. The van der Waals surface area contributed by atoms with Crippen LogP contribution in [0.2, 0.25) is 0 Å². The zero-order valence-electron chi connectivity index (χ0n) is 7.18. The van der Waals surface area contributed by atoms with E-state index in [0.717, 1.165) is 5.39 Å². The van der Waals surface area contributed by atoms with E-state index in [4.69, 9.17) is 0 Å². The van der Waals surface area contributed by atoms with Crippen LogP contribution in [0.1, 0.15) is 0 Å². The Balaban J connectivity index is 2.91. The van der Waals surface area contributed by atoms with Crippen molar-refractivity contribution in [2.24, 2.45) is 0 Å².